The van der Waals surface area contributed by atoms with Crippen LogP contribution in [0.15, 0.2) is 69.9 Å². The van der Waals surface area contributed by atoms with Crippen LogP contribution in [-0.4, -0.2) is 17.4 Å². The third-order valence-corrected chi connectivity index (χ3v) is 5.06. The fourth-order valence-electron chi connectivity index (χ4n) is 2.11. The number of rotatable bonds is 5. The molecule has 0 saturated heterocycles. The molecule has 0 unspecified atom stereocenters. The second-order valence-electron chi connectivity index (χ2n) is 4.92. The highest BCUT2D eigenvalue weighted by Gasteiger charge is 2.08. The fourth-order valence-corrected chi connectivity index (χ4v) is 3.75. The normalized spacial score (nSPS) is 12.1. The SMILES string of the molecule is C=CCN=c1scc(-c2cccs2)n1N=Cc1ccccc1C. The topological polar surface area (TPSA) is 29.6 Å². The van der Waals surface area contributed by atoms with Crippen molar-refractivity contribution in [3.8, 4) is 10.6 Å². The zero-order valence-electron chi connectivity index (χ0n) is 12.8. The van der Waals surface area contributed by atoms with E-state index in [0.29, 0.717) is 6.54 Å². The highest BCUT2D eigenvalue weighted by Crippen LogP contribution is 2.25. The number of benzene rings is 1. The van der Waals surface area contributed by atoms with Crippen molar-refractivity contribution in [1.82, 2.24) is 4.68 Å². The number of thiazole rings is 1. The van der Waals surface area contributed by atoms with E-state index in [1.165, 1.54) is 10.4 Å². The summed E-state index contributed by atoms with van der Waals surface area (Å²) in [6.45, 7) is 6.41. The van der Waals surface area contributed by atoms with E-state index >= 15 is 0 Å². The first-order chi connectivity index (χ1) is 11.3. The summed E-state index contributed by atoms with van der Waals surface area (Å²) >= 11 is 3.30. The summed E-state index contributed by atoms with van der Waals surface area (Å²) in [7, 11) is 0. The van der Waals surface area contributed by atoms with E-state index in [4.69, 9.17) is 0 Å². The standard InChI is InChI=1S/C18H17N3S2/c1-3-10-19-18-21(16(13-23-18)17-9-6-11-22-17)20-12-15-8-5-4-7-14(15)2/h3-9,11-13H,1,10H2,2H3. The maximum absolute atomic E-state index is 4.69. The average molecular weight is 339 g/mol. The van der Waals surface area contributed by atoms with E-state index in [0.717, 1.165) is 16.1 Å². The van der Waals surface area contributed by atoms with Crippen molar-refractivity contribution in [1.29, 1.82) is 0 Å². The molecule has 0 saturated carbocycles. The van der Waals surface area contributed by atoms with Gasteiger partial charge in [-0.1, -0.05) is 36.4 Å². The highest BCUT2D eigenvalue weighted by molar-refractivity contribution is 7.14. The second-order valence-corrected chi connectivity index (χ2v) is 6.71. The Bertz CT molecular complexity index is 883. The molecule has 3 aromatic rings. The maximum atomic E-state index is 4.69. The van der Waals surface area contributed by atoms with Crippen molar-refractivity contribution in [2.75, 3.05) is 6.54 Å². The number of thiophene rings is 1. The van der Waals surface area contributed by atoms with Crippen LogP contribution in [0.25, 0.3) is 10.6 Å². The first-order valence-corrected chi connectivity index (χ1v) is 9.01. The third-order valence-electron chi connectivity index (χ3n) is 3.32. The predicted molar refractivity (Wildman–Crippen MR) is 100 cm³/mol. The monoisotopic (exact) mass is 339 g/mol. The number of hydrogen-bond acceptors (Lipinski definition) is 4. The number of aryl methyl sites for hydroxylation is 1. The molecular weight excluding hydrogens is 322 g/mol. The first-order valence-electron chi connectivity index (χ1n) is 7.25. The summed E-state index contributed by atoms with van der Waals surface area (Å²) in [5.41, 5.74) is 3.38. The van der Waals surface area contributed by atoms with E-state index in [9.17, 15) is 0 Å². The minimum absolute atomic E-state index is 0.588. The molecular formula is C18H17N3S2. The average Bonchev–Trinajstić information content (AvgIpc) is 3.21. The molecule has 23 heavy (non-hydrogen) atoms. The molecule has 0 amide bonds. The van der Waals surface area contributed by atoms with Crippen LogP contribution in [0.5, 0.6) is 0 Å². The van der Waals surface area contributed by atoms with Crippen molar-refractivity contribution >= 4 is 28.9 Å². The molecule has 0 atom stereocenters. The van der Waals surface area contributed by atoms with Crippen LogP contribution in [0.2, 0.25) is 0 Å². The van der Waals surface area contributed by atoms with Crippen molar-refractivity contribution in [2.45, 2.75) is 6.92 Å². The molecule has 0 radical (unpaired) electrons. The van der Waals surface area contributed by atoms with Gasteiger partial charge in [0.05, 0.1) is 23.3 Å². The van der Waals surface area contributed by atoms with Crippen molar-refractivity contribution in [3.05, 3.63) is 75.7 Å². The van der Waals surface area contributed by atoms with Gasteiger partial charge in [-0.05, 0) is 29.5 Å². The van der Waals surface area contributed by atoms with Gasteiger partial charge in [0.15, 0.2) is 0 Å². The largest absolute Gasteiger partial charge is 0.253 e. The molecule has 0 fully saturated rings. The van der Waals surface area contributed by atoms with E-state index < -0.39 is 0 Å². The van der Waals surface area contributed by atoms with E-state index in [2.05, 4.69) is 52.6 Å². The van der Waals surface area contributed by atoms with Crippen LogP contribution in [0.3, 0.4) is 0 Å². The van der Waals surface area contributed by atoms with Crippen LogP contribution < -0.4 is 4.80 Å². The molecule has 3 nitrogen and oxygen atoms in total. The molecule has 0 bridgehead atoms. The lowest BCUT2D eigenvalue weighted by molar-refractivity contribution is 0.842. The Kier molecular flexibility index (Phi) is 5.00. The first kappa shape index (κ1) is 15.6. The van der Waals surface area contributed by atoms with E-state index in [1.807, 2.05) is 29.1 Å². The molecule has 5 heteroatoms. The Morgan fingerprint density at radius 3 is 2.78 bits per heavy atom. The van der Waals surface area contributed by atoms with Crippen LogP contribution in [0, 0.1) is 6.92 Å². The molecule has 0 spiro atoms. The van der Waals surface area contributed by atoms with Gasteiger partial charge in [-0.15, -0.1) is 29.3 Å². The van der Waals surface area contributed by atoms with Crippen LogP contribution >= 0.6 is 22.7 Å². The lowest BCUT2D eigenvalue weighted by Gasteiger charge is -2.02. The van der Waals surface area contributed by atoms with E-state index in [-0.39, 0.29) is 0 Å². The number of hydrogen-bond donors (Lipinski definition) is 0. The van der Waals surface area contributed by atoms with E-state index in [1.54, 1.807) is 28.7 Å². The summed E-state index contributed by atoms with van der Waals surface area (Å²) in [6, 6.07) is 12.4. The van der Waals surface area contributed by atoms with Gasteiger partial charge in [0.1, 0.15) is 0 Å². The smallest absolute Gasteiger partial charge is 0.206 e. The Hall–Kier alpha value is -2.24. The third kappa shape index (κ3) is 3.57. The van der Waals surface area contributed by atoms with Crippen LogP contribution in [0.1, 0.15) is 11.1 Å². The Labute approximate surface area is 143 Å². The molecule has 0 N–H and O–H groups in total. The summed E-state index contributed by atoms with van der Waals surface area (Å²) in [5, 5.41) is 8.86. The number of nitrogens with zero attached hydrogens (tertiary/aromatic N) is 3. The summed E-state index contributed by atoms with van der Waals surface area (Å²) in [5.74, 6) is 0. The molecule has 3 rings (SSSR count). The molecule has 0 aliphatic carbocycles. The van der Waals surface area contributed by atoms with Crippen molar-refractivity contribution in [2.24, 2.45) is 10.1 Å². The lowest BCUT2D eigenvalue weighted by Crippen LogP contribution is -2.12. The van der Waals surface area contributed by atoms with Gasteiger partial charge in [0, 0.05) is 5.38 Å². The highest BCUT2D eigenvalue weighted by atomic mass is 32.1. The summed E-state index contributed by atoms with van der Waals surface area (Å²) < 4.78 is 1.91. The Morgan fingerprint density at radius 2 is 2.04 bits per heavy atom. The molecule has 0 aliphatic rings. The minimum Gasteiger partial charge on any atom is -0.253 e. The lowest BCUT2D eigenvalue weighted by atomic mass is 10.1. The van der Waals surface area contributed by atoms with Gasteiger partial charge in [0.25, 0.3) is 0 Å². The minimum atomic E-state index is 0.588. The van der Waals surface area contributed by atoms with Gasteiger partial charge in [-0.3, -0.25) is 4.99 Å². The number of aromatic nitrogens is 1. The van der Waals surface area contributed by atoms with Gasteiger partial charge in [-0.2, -0.15) is 5.10 Å². The Morgan fingerprint density at radius 1 is 1.17 bits per heavy atom. The van der Waals surface area contributed by atoms with Crippen LogP contribution in [-0.2, 0) is 0 Å². The summed E-state index contributed by atoms with van der Waals surface area (Å²) in [4.78, 5) is 6.60. The zero-order valence-corrected chi connectivity index (χ0v) is 14.5. The maximum Gasteiger partial charge on any atom is 0.206 e. The van der Waals surface area contributed by atoms with Gasteiger partial charge < -0.3 is 0 Å². The zero-order chi connectivity index (χ0) is 16.1. The van der Waals surface area contributed by atoms with Gasteiger partial charge in [0.2, 0.25) is 4.80 Å². The van der Waals surface area contributed by atoms with Crippen molar-refractivity contribution in [3.63, 3.8) is 0 Å². The molecule has 116 valence electrons. The van der Waals surface area contributed by atoms with Crippen molar-refractivity contribution < 1.29 is 0 Å². The molecule has 2 aromatic heterocycles. The van der Waals surface area contributed by atoms with Gasteiger partial charge >= 0.3 is 0 Å². The quantitative estimate of drug-likeness (QED) is 0.482. The Balaban J connectivity index is 2.07. The van der Waals surface area contributed by atoms with Crippen LogP contribution in [0.4, 0.5) is 0 Å². The summed E-state index contributed by atoms with van der Waals surface area (Å²) in [6.07, 6.45) is 3.69. The van der Waals surface area contributed by atoms with Gasteiger partial charge in [-0.25, -0.2) is 4.68 Å². The fraction of sp³-hybridized carbons (Fsp3) is 0.111. The molecule has 2 heterocycles. The molecule has 0 aliphatic heterocycles. The second kappa shape index (κ2) is 7.35. The molecule has 1 aromatic carbocycles. The predicted octanol–water partition coefficient (Wildman–Crippen LogP) is 4.56.